The van der Waals surface area contributed by atoms with Crippen LogP contribution in [0, 0.1) is 0 Å². The average Bonchev–Trinajstić information content (AvgIpc) is 4.14. The van der Waals surface area contributed by atoms with Crippen LogP contribution in [0.2, 0.25) is 0 Å². The number of hydrogen-bond donors (Lipinski definition) is 0. The highest BCUT2D eigenvalue weighted by Crippen LogP contribution is 2.31. The molecule has 0 N–H and O–H groups in total. The molecule has 0 radical (unpaired) electrons. The summed E-state index contributed by atoms with van der Waals surface area (Å²) >= 11 is 0. The van der Waals surface area contributed by atoms with Crippen LogP contribution in [0.1, 0.15) is 61.1 Å². The smallest absolute Gasteiger partial charge is 0.310 e. The Bertz CT molecular complexity index is 1750. The van der Waals surface area contributed by atoms with Gasteiger partial charge in [0.1, 0.15) is 25.4 Å². The van der Waals surface area contributed by atoms with Gasteiger partial charge in [0.2, 0.25) is 0 Å². The van der Waals surface area contributed by atoms with E-state index in [0.717, 1.165) is 70.7 Å². The fraction of sp³-hybridized carbons (Fsp3) is 0.348. The van der Waals surface area contributed by atoms with Crippen LogP contribution >= 0.6 is 0 Å². The van der Waals surface area contributed by atoms with Crippen molar-refractivity contribution in [2.24, 2.45) is 0 Å². The molecule has 2 heterocycles. The highest BCUT2D eigenvalue weighted by atomic mass is 16.6. The predicted octanol–water partition coefficient (Wildman–Crippen LogP) is 7.91. The number of rotatable bonds is 19. The molecule has 0 amide bonds. The first kappa shape index (κ1) is 38.5. The second-order valence-electron chi connectivity index (χ2n) is 13.6. The van der Waals surface area contributed by atoms with Gasteiger partial charge in [-0.1, -0.05) is 84.9 Å². The maximum absolute atomic E-state index is 12.5. The first-order valence-electron chi connectivity index (χ1n) is 19.2. The van der Waals surface area contributed by atoms with E-state index in [0.29, 0.717) is 26.4 Å². The van der Waals surface area contributed by atoms with Crippen molar-refractivity contribution in [3.05, 3.63) is 143 Å². The van der Waals surface area contributed by atoms with E-state index < -0.39 is 0 Å². The first-order chi connectivity index (χ1) is 26.4. The van der Waals surface area contributed by atoms with Crippen LogP contribution in [0.5, 0.6) is 0 Å². The fourth-order valence-corrected chi connectivity index (χ4v) is 6.51. The molecule has 0 aliphatic carbocycles. The molecular formula is C46H52N2O6. The Morgan fingerprint density at radius 3 is 1.11 bits per heavy atom. The fourth-order valence-electron chi connectivity index (χ4n) is 6.51. The normalized spacial score (nSPS) is 15.5. The summed E-state index contributed by atoms with van der Waals surface area (Å²) in [5.41, 5.74) is 10.5. The van der Waals surface area contributed by atoms with E-state index in [9.17, 15) is 9.59 Å². The van der Waals surface area contributed by atoms with E-state index in [1.807, 2.05) is 24.3 Å². The van der Waals surface area contributed by atoms with Gasteiger partial charge in [0, 0.05) is 37.6 Å². The van der Waals surface area contributed by atoms with Crippen molar-refractivity contribution in [3.8, 4) is 0 Å². The Hall–Kier alpha value is -5.18. The third-order valence-corrected chi connectivity index (χ3v) is 9.92. The van der Waals surface area contributed by atoms with Crippen molar-refractivity contribution >= 4 is 34.5 Å². The molecular weight excluding hydrogens is 677 g/mol. The number of carbonyl (C=O) groups excluding carboxylic acids is 2. The lowest BCUT2D eigenvalue weighted by Gasteiger charge is -2.22. The summed E-state index contributed by atoms with van der Waals surface area (Å²) in [6.45, 7) is 14.4. The minimum Gasteiger partial charge on any atom is -0.463 e. The first-order valence-corrected chi connectivity index (χ1v) is 19.2. The SMILES string of the molecule is CCN(CC)c1ccc(C(=CC=C(c2ccc(CC(=O)OCC3CO3)cc2)c2ccc(CC(=O)OCC3CO3)cc2)c2ccc(N(CC)CC)cc2)cc1. The third-order valence-electron chi connectivity index (χ3n) is 9.92. The molecule has 0 spiro atoms. The summed E-state index contributed by atoms with van der Waals surface area (Å²) in [7, 11) is 0. The maximum atomic E-state index is 12.5. The summed E-state index contributed by atoms with van der Waals surface area (Å²) in [5, 5.41) is 0. The van der Waals surface area contributed by atoms with Crippen LogP contribution in [0.3, 0.4) is 0 Å². The largest absolute Gasteiger partial charge is 0.463 e. The Balaban J connectivity index is 1.35. The number of ether oxygens (including phenoxy) is 4. The van der Waals surface area contributed by atoms with Crippen LogP contribution in [0.15, 0.2) is 109 Å². The summed E-state index contributed by atoms with van der Waals surface area (Å²) in [6.07, 6.45) is 4.84. The average molecular weight is 729 g/mol. The van der Waals surface area contributed by atoms with Gasteiger partial charge in [-0.25, -0.2) is 0 Å². The molecule has 6 rings (SSSR count). The predicted molar refractivity (Wildman–Crippen MR) is 216 cm³/mol. The monoisotopic (exact) mass is 728 g/mol. The number of anilines is 2. The summed E-state index contributed by atoms with van der Waals surface area (Å²) < 4.78 is 21.1. The zero-order chi connectivity index (χ0) is 37.9. The van der Waals surface area contributed by atoms with Crippen LogP contribution in [-0.2, 0) is 41.4 Å². The Morgan fingerprint density at radius 1 is 0.537 bits per heavy atom. The molecule has 0 saturated carbocycles. The lowest BCUT2D eigenvalue weighted by atomic mass is 9.92. The van der Waals surface area contributed by atoms with Crippen molar-refractivity contribution in [1.82, 2.24) is 0 Å². The van der Waals surface area contributed by atoms with Gasteiger partial charge in [-0.05, 0) is 96.5 Å². The van der Waals surface area contributed by atoms with Gasteiger partial charge in [-0.2, -0.15) is 0 Å². The second kappa shape index (κ2) is 18.7. The number of esters is 2. The summed E-state index contributed by atoms with van der Waals surface area (Å²) in [5.74, 6) is -0.529. The minimum absolute atomic E-state index is 0.0389. The van der Waals surface area contributed by atoms with Gasteiger partial charge < -0.3 is 28.7 Å². The zero-order valence-electron chi connectivity index (χ0n) is 32.0. The molecule has 2 fully saturated rings. The van der Waals surface area contributed by atoms with Crippen LogP contribution in [0.4, 0.5) is 11.4 Å². The number of carbonyl (C=O) groups is 2. The van der Waals surface area contributed by atoms with Crippen molar-refractivity contribution in [3.63, 3.8) is 0 Å². The molecule has 2 aliphatic heterocycles. The Morgan fingerprint density at radius 2 is 0.833 bits per heavy atom. The van der Waals surface area contributed by atoms with Crippen molar-refractivity contribution in [2.75, 3.05) is 62.4 Å². The number of epoxide rings is 2. The van der Waals surface area contributed by atoms with E-state index in [1.165, 1.54) is 11.4 Å². The minimum atomic E-state index is -0.264. The molecule has 0 bridgehead atoms. The Labute approximate surface area is 320 Å². The number of benzene rings is 4. The highest BCUT2D eigenvalue weighted by molar-refractivity contribution is 5.87. The molecule has 2 aliphatic rings. The van der Waals surface area contributed by atoms with Crippen molar-refractivity contribution < 1.29 is 28.5 Å². The molecule has 282 valence electrons. The quantitative estimate of drug-likeness (QED) is 0.0548. The van der Waals surface area contributed by atoms with Gasteiger partial charge in [0.25, 0.3) is 0 Å². The van der Waals surface area contributed by atoms with Crippen LogP contribution in [0.25, 0.3) is 11.1 Å². The third kappa shape index (κ3) is 10.7. The zero-order valence-corrected chi connectivity index (χ0v) is 32.0. The lowest BCUT2D eigenvalue weighted by Crippen LogP contribution is -2.21. The van der Waals surface area contributed by atoms with E-state index in [-0.39, 0.29) is 37.0 Å². The maximum Gasteiger partial charge on any atom is 0.310 e. The van der Waals surface area contributed by atoms with Crippen molar-refractivity contribution in [1.29, 1.82) is 0 Å². The van der Waals surface area contributed by atoms with Crippen LogP contribution in [-0.4, -0.2) is 76.8 Å². The molecule has 8 heteroatoms. The van der Waals surface area contributed by atoms with Crippen molar-refractivity contribution in [2.45, 2.75) is 52.7 Å². The van der Waals surface area contributed by atoms with E-state index >= 15 is 0 Å². The molecule has 0 aromatic heterocycles. The van der Waals surface area contributed by atoms with Gasteiger partial charge in [-0.3, -0.25) is 9.59 Å². The lowest BCUT2D eigenvalue weighted by molar-refractivity contribution is -0.144. The van der Waals surface area contributed by atoms with Gasteiger partial charge in [-0.15, -0.1) is 0 Å². The number of nitrogens with zero attached hydrogens (tertiary/aromatic N) is 2. The molecule has 54 heavy (non-hydrogen) atoms. The van der Waals surface area contributed by atoms with Crippen LogP contribution < -0.4 is 9.80 Å². The summed E-state index contributed by atoms with van der Waals surface area (Å²) in [6, 6.07) is 33.8. The number of hydrogen-bond acceptors (Lipinski definition) is 8. The molecule has 2 atom stereocenters. The standard InChI is InChI=1S/C46H52N2O6/c1-5-47(6-2)39-21-17-37(18-22-39)44(38-19-23-40(24-20-38)48(7-3)8-4)26-25-43(35-13-9-33(10-14-35)27-45(49)53-31-41-29-51-41)36-15-11-34(12-16-36)28-46(50)54-32-42-30-52-42/h9-26,41-42H,5-8,27-32H2,1-4H3. The van der Waals surface area contributed by atoms with Gasteiger partial charge in [0.05, 0.1) is 26.1 Å². The Kier molecular flexibility index (Phi) is 13.4. The molecule has 4 aromatic rings. The molecule has 2 saturated heterocycles. The van der Waals surface area contributed by atoms with E-state index in [1.54, 1.807) is 0 Å². The molecule has 2 unspecified atom stereocenters. The second-order valence-corrected chi connectivity index (χ2v) is 13.6. The molecule has 4 aromatic carbocycles. The molecule has 8 nitrogen and oxygen atoms in total. The van der Waals surface area contributed by atoms with Gasteiger partial charge in [0.15, 0.2) is 0 Å². The van der Waals surface area contributed by atoms with E-state index in [2.05, 4.69) is 122 Å². The van der Waals surface area contributed by atoms with E-state index in [4.69, 9.17) is 18.9 Å². The summed E-state index contributed by atoms with van der Waals surface area (Å²) in [4.78, 5) is 29.6. The topological polar surface area (TPSA) is 84.1 Å². The number of allylic oxidation sites excluding steroid dienone is 2. The van der Waals surface area contributed by atoms with Gasteiger partial charge >= 0.3 is 11.9 Å². The highest BCUT2D eigenvalue weighted by Gasteiger charge is 2.25.